The van der Waals surface area contributed by atoms with E-state index in [0.29, 0.717) is 11.4 Å². The Balaban J connectivity index is 1.43. The Morgan fingerprint density at radius 2 is 1.50 bits per heavy atom. The van der Waals surface area contributed by atoms with Gasteiger partial charge in [0.25, 0.3) is 0 Å². The van der Waals surface area contributed by atoms with Crippen molar-refractivity contribution >= 4 is 17.6 Å². The number of carbonyl (C=O) groups is 2. The number of hydrogen-bond acceptors (Lipinski definition) is 4. The summed E-state index contributed by atoms with van der Waals surface area (Å²) >= 11 is 0. The molecule has 6 nitrogen and oxygen atoms in total. The molecule has 1 amide bonds. The second-order valence-corrected chi connectivity index (χ2v) is 6.27. The molecule has 1 fully saturated rings. The summed E-state index contributed by atoms with van der Waals surface area (Å²) in [7, 11) is 0. The van der Waals surface area contributed by atoms with Crippen LogP contribution in [0.25, 0.3) is 0 Å². The molecule has 6 heteroatoms. The zero-order valence-corrected chi connectivity index (χ0v) is 13.7. The summed E-state index contributed by atoms with van der Waals surface area (Å²) < 4.78 is 11.2. The minimum Gasteiger partial charge on any atom is -0.481 e. The van der Waals surface area contributed by atoms with Crippen LogP contribution in [0.4, 0.5) is 5.69 Å². The maximum absolute atomic E-state index is 12.6. The van der Waals surface area contributed by atoms with E-state index in [1.54, 1.807) is 36.4 Å². The molecule has 0 radical (unpaired) electrons. The first-order valence-electron chi connectivity index (χ1n) is 8.32. The molecule has 0 aliphatic carbocycles. The molecule has 2 heterocycles. The van der Waals surface area contributed by atoms with Gasteiger partial charge in [0.2, 0.25) is 5.91 Å². The second kappa shape index (κ2) is 6.65. The monoisotopic (exact) mass is 351 g/mol. The molecular weight excluding hydrogens is 334 g/mol. The number of nitrogens with one attached hydrogen (secondary N) is 1. The molecule has 4 atom stereocenters. The van der Waals surface area contributed by atoms with Gasteiger partial charge >= 0.3 is 5.97 Å². The van der Waals surface area contributed by atoms with Gasteiger partial charge in [-0.3, -0.25) is 9.59 Å². The van der Waals surface area contributed by atoms with Gasteiger partial charge in [-0.2, -0.15) is 0 Å². The fraction of sp³-hybridized carbons (Fsp3) is 0.200. The number of hydrogen-bond donors (Lipinski definition) is 2. The van der Waals surface area contributed by atoms with Crippen LogP contribution in [0.5, 0.6) is 11.5 Å². The summed E-state index contributed by atoms with van der Waals surface area (Å²) in [6, 6.07) is 16.3. The highest BCUT2D eigenvalue weighted by molar-refractivity contribution is 5.96. The lowest BCUT2D eigenvalue weighted by atomic mass is 9.82. The Hall–Kier alpha value is -3.12. The van der Waals surface area contributed by atoms with Crippen molar-refractivity contribution in [2.45, 2.75) is 12.2 Å². The Kier molecular flexibility index (Phi) is 4.18. The quantitative estimate of drug-likeness (QED) is 0.809. The van der Waals surface area contributed by atoms with Crippen molar-refractivity contribution in [3.05, 3.63) is 66.7 Å². The summed E-state index contributed by atoms with van der Waals surface area (Å²) in [5.41, 5.74) is 0.575. The van der Waals surface area contributed by atoms with Gasteiger partial charge < -0.3 is 19.9 Å². The van der Waals surface area contributed by atoms with E-state index in [1.807, 2.05) is 30.3 Å². The number of para-hydroxylation sites is 1. The van der Waals surface area contributed by atoms with E-state index >= 15 is 0 Å². The summed E-state index contributed by atoms with van der Waals surface area (Å²) in [5.74, 6) is -1.60. The first-order chi connectivity index (χ1) is 12.6. The van der Waals surface area contributed by atoms with Crippen LogP contribution in [0.1, 0.15) is 0 Å². The van der Waals surface area contributed by atoms with Crippen molar-refractivity contribution in [2.24, 2.45) is 11.8 Å². The third kappa shape index (κ3) is 3.07. The van der Waals surface area contributed by atoms with Gasteiger partial charge in [-0.15, -0.1) is 0 Å². The lowest BCUT2D eigenvalue weighted by Gasteiger charge is -2.21. The number of rotatable bonds is 5. The molecule has 1 saturated heterocycles. The van der Waals surface area contributed by atoms with E-state index in [4.69, 9.17) is 9.47 Å². The first-order valence-corrected chi connectivity index (χ1v) is 8.32. The van der Waals surface area contributed by atoms with Crippen LogP contribution in [-0.2, 0) is 14.3 Å². The standard InChI is InChI=1S/C20H17NO5/c22-19(17-15-10-11-16(26-15)18(17)20(23)24)21-12-6-8-14(9-7-12)25-13-4-2-1-3-5-13/h1-11,15-18H,(H,21,22)(H,23,24)/t15-,16-,17-,18-/m0/s1. The molecule has 0 aromatic heterocycles. The molecule has 0 spiro atoms. The van der Waals surface area contributed by atoms with Gasteiger partial charge in [-0.25, -0.2) is 0 Å². The fourth-order valence-electron chi connectivity index (χ4n) is 3.37. The molecular formula is C20H17NO5. The van der Waals surface area contributed by atoms with Crippen LogP contribution in [0.15, 0.2) is 66.7 Å². The third-order valence-corrected chi connectivity index (χ3v) is 4.59. The van der Waals surface area contributed by atoms with Gasteiger partial charge in [0, 0.05) is 5.69 Å². The van der Waals surface area contributed by atoms with Gasteiger partial charge in [-0.1, -0.05) is 30.4 Å². The number of carboxylic acid groups (broad SMARTS) is 1. The molecule has 0 saturated carbocycles. The van der Waals surface area contributed by atoms with Gasteiger partial charge in [0.1, 0.15) is 17.4 Å². The summed E-state index contributed by atoms with van der Waals surface area (Å²) in [4.78, 5) is 24.0. The normalized spacial score (nSPS) is 25.8. The van der Waals surface area contributed by atoms with E-state index in [1.165, 1.54) is 0 Å². The van der Waals surface area contributed by atoms with E-state index in [9.17, 15) is 14.7 Å². The van der Waals surface area contributed by atoms with Crippen molar-refractivity contribution in [2.75, 3.05) is 5.32 Å². The number of carbonyl (C=O) groups excluding carboxylic acids is 1. The topological polar surface area (TPSA) is 84.9 Å². The molecule has 26 heavy (non-hydrogen) atoms. The van der Waals surface area contributed by atoms with Crippen molar-refractivity contribution in [3.63, 3.8) is 0 Å². The number of aliphatic carboxylic acids is 1. The third-order valence-electron chi connectivity index (χ3n) is 4.59. The van der Waals surface area contributed by atoms with Gasteiger partial charge in [0.15, 0.2) is 0 Å². The van der Waals surface area contributed by atoms with Crippen LogP contribution >= 0.6 is 0 Å². The largest absolute Gasteiger partial charge is 0.481 e. The predicted molar refractivity (Wildman–Crippen MR) is 94.0 cm³/mol. The van der Waals surface area contributed by atoms with Crippen molar-refractivity contribution in [1.29, 1.82) is 0 Å². The molecule has 2 aliphatic heterocycles. The maximum Gasteiger partial charge on any atom is 0.310 e. The smallest absolute Gasteiger partial charge is 0.310 e. The van der Waals surface area contributed by atoms with Crippen LogP contribution in [0.2, 0.25) is 0 Å². The molecule has 2 aromatic carbocycles. The average molecular weight is 351 g/mol. The number of benzene rings is 2. The highest BCUT2D eigenvalue weighted by atomic mass is 16.5. The van der Waals surface area contributed by atoms with E-state index < -0.39 is 30.0 Å². The number of ether oxygens (including phenoxy) is 2. The second-order valence-electron chi connectivity index (χ2n) is 6.27. The fourth-order valence-corrected chi connectivity index (χ4v) is 3.37. The summed E-state index contributed by atoms with van der Waals surface area (Å²) in [5, 5.41) is 12.2. The number of anilines is 1. The summed E-state index contributed by atoms with van der Waals surface area (Å²) in [6.07, 6.45) is 2.45. The minimum atomic E-state index is -1.02. The molecule has 2 aromatic rings. The molecule has 4 rings (SSSR count). The Morgan fingerprint density at radius 1 is 0.885 bits per heavy atom. The van der Waals surface area contributed by atoms with Crippen LogP contribution in [-0.4, -0.2) is 29.2 Å². The van der Waals surface area contributed by atoms with Crippen molar-refractivity contribution < 1.29 is 24.2 Å². The first kappa shape index (κ1) is 16.4. The number of carboxylic acids is 1. The number of fused-ring (bicyclic) bond motifs is 2. The van der Waals surface area contributed by atoms with E-state index in [-0.39, 0.29) is 5.91 Å². The van der Waals surface area contributed by atoms with Crippen LogP contribution < -0.4 is 10.1 Å². The highest BCUT2D eigenvalue weighted by Crippen LogP contribution is 2.40. The molecule has 0 unspecified atom stereocenters. The molecule has 132 valence electrons. The van der Waals surface area contributed by atoms with Crippen LogP contribution in [0, 0.1) is 11.8 Å². The Morgan fingerprint density at radius 3 is 2.15 bits per heavy atom. The van der Waals surface area contributed by atoms with Crippen molar-refractivity contribution in [3.8, 4) is 11.5 Å². The van der Waals surface area contributed by atoms with Gasteiger partial charge in [-0.05, 0) is 36.4 Å². The zero-order valence-electron chi connectivity index (χ0n) is 13.7. The predicted octanol–water partition coefficient (Wildman–Crippen LogP) is 3.07. The van der Waals surface area contributed by atoms with Crippen molar-refractivity contribution in [1.82, 2.24) is 0 Å². The Labute approximate surface area is 150 Å². The lowest BCUT2D eigenvalue weighted by Crippen LogP contribution is -2.39. The zero-order chi connectivity index (χ0) is 18.1. The lowest BCUT2D eigenvalue weighted by molar-refractivity contribution is -0.145. The van der Waals surface area contributed by atoms with Crippen LogP contribution in [0.3, 0.4) is 0 Å². The molecule has 2 N–H and O–H groups in total. The van der Waals surface area contributed by atoms with Gasteiger partial charge in [0.05, 0.1) is 18.1 Å². The van der Waals surface area contributed by atoms with E-state index in [2.05, 4.69) is 5.32 Å². The molecule has 2 aliphatic rings. The molecule has 2 bridgehead atoms. The number of amides is 1. The SMILES string of the molecule is O=C(O)[C@@H]1[C@@H](C(=O)Nc2ccc(Oc3ccccc3)cc2)[C@@H]2C=C[C@@H]1O2. The van der Waals surface area contributed by atoms with E-state index in [0.717, 1.165) is 5.75 Å². The average Bonchev–Trinajstić information content (AvgIpc) is 3.25. The maximum atomic E-state index is 12.6. The Bertz CT molecular complexity index is 846. The highest BCUT2D eigenvalue weighted by Gasteiger charge is 2.53. The minimum absolute atomic E-state index is 0.356. The summed E-state index contributed by atoms with van der Waals surface area (Å²) in [6.45, 7) is 0.